The van der Waals surface area contributed by atoms with Crippen molar-refractivity contribution in [2.24, 2.45) is 4.99 Å². The fourth-order valence-corrected chi connectivity index (χ4v) is 1.83. The average molecular weight is 237 g/mol. The van der Waals surface area contributed by atoms with Crippen LogP contribution in [0, 0.1) is 0 Å². The van der Waals surface area contributed by atoms with E-state index >= 15 is 0 Å². The third-order valence-electron chi connectivity index (χ3n) is 2.48. The van der Waals surface area contributed by atoms with E-state index in [0.29, 0.717) is 18.8 Å². The topological polar surface area (TPSA) is 108 Å². The van der Waals surface area contributed by atoms with Crippen LogP contribution in [-0.4, -0.2) is 40.5 Å². The minimum Gasteiger partial charge on any atom is -0.393 e. The van der Waals surface area contributed by atoms with Gasteiger partial charge in [0.1, 0.15) is 0 Å². The zero-order valence-electron chi connectivity index (χ0n) is 9.77. The Morgan fingerprint density at radius 2 is 2.35 bits per heavy atom. The molecule has 7 heteroatoms. The number of nitrogen functional groups attached to an aromatic ring is 1. The van der Waals surface area contributed by atoms with Gasteiger partial charge in [0, 0.05) is 19.2 Å². The fraction of sp³-hybridized carbons (Fsp3) is 0.500. The number of nitrogens with zero attached hydrogens (tertiary/aromatic N) is 3. The van der Waals surface area contributed by atoms with Gasteiger partial charge in [-0.25, -0.2) is 4.99 Å². The molecular formula is C10H15N5O2. The van der Waals surface area contributed by atoms with Crippen LogP contribution in [0.3, 0.4) is 0 Å². The predicted molar refractivity (Wildman–Crippen MR) is 65.9 cm³/mol. The zero-order valence-corrected chi connectivity index (χ0v) is 9.77. The van der Waals surface area contributed by atoms with Crippen LogP contribution in [0.25, 0.3) is 0 Å². The second-order valence-electron chi connectivity index (χ2n) is 4.21. The molecule has 0 bridgehead atoms. The maximum absolute atomic E-state index is 11.7. The standard InChI is InChI=1S/C10H15N5O2/c1-5(16)3-6-4-15(2)8-7(12-6)9(17)14-10(11)13-8/h5,16H,3-4H2,1-2H3,(H3,11,13,14,17). The van der Waals surface area contributed by atoms with E-state index in [-0.39, 0.29) is 17.2 Å². The van der Waals surface area contributed by atoms with Gasteiger partial charge in [0.2, 0.25) is 5.95 Å². The molecule has 0 aliphatic carbocycles. The SMILES string of the molecule is CC(O)CC1=Nc2c(nc(N)[nH]c2=O)N(C)C1. The number of H-pyrrole nitrogens is 1. The molecule has 0 amide bonds. The Balaban J connectivity index is 2.48. The summed E-state index contributed by atoms with van der Waals surface area (Å²) in [5.41, 5.74) is 6.13. The fourth-order valence-electron chi connectivity index (χ4n) is 1.83. The van der Waals surface area contributed by atoms with E-state index in [1.54, 1.807) is 18.9 Å². The highest BCUT2D eigenvalue weighted by Gasteiger charge is 2.21. The Hall–Kier alpha value is -1.89. The van der Waals surface area contributed by atoms with Crippen molar-refractivity contribution in [3.63, 3.8) is 0 Å². The van der Waals surface area contributed by atoms with Crippen molar-refractivity contribution in [3.05, 3.63) is 10.4 Å². The maximum Gasteiger partial charge on any atom is 0.280 e. The summed E-state index contributed by atoms with van der Waals surface area (Å²) >= 11 is 0. The molecule has 17 heavy (non-hydrogen) atoms. The highest BCUT2D eigenvalue weighted by Crippen LogP contribution is 2.26. The molecule has 1 aliphatic rings. The molecule has 4 N–H and O–H groups in total. The van der Waals surface area contributed by atoms with Gasteiger partial charge < -0.3 is 15.7 Å². The molecule has 0 spiro atoms. The Morgan fingerprint density at radius 1 is 1.65 bits per heavy atom. The number of hydrogen-bond donors (Lipinski definition) is 3. The first-order valence-electron chi connectivity index (χ1n) is 5.33. The molecule has 0 fully saturated rings. The first kappa shape index (κ1) is 11.6. The van der Waals surface area contributed by atoms with Crippen LogP contribution in [0.4, 0.5) is 17.5 Å². The number of nitrogens with one attached hydrogen (secondary N) is 1. The van der Waals surface area contributed by atoms with E-state index in [9.17, 15) is 9.90 Å². The Morgan fingerprint density at radius 3 is 3.00 bits per heavy atom. The summed E-state index contributed by atoms with van der Waals surface area (Å²) in [6.45, 7) is 2.22. The average Bonchev–Trinajstić information content (AvgIpc) is 2.19. The first-order chi connectivity index (χ1) is 7.97. The molecular weight excluding hydrogens is 222 g/mol. The van der Waals surface area contributed by atoms with Crippen molar-refractivity contribution in [3.8, 4) is 0 Å². The Labute approximate surface area is 98.0 Å². The van der Waals surface area contributed by atoms with Crippen molar-refractivity contribution in [1.29, 1.82) is 0 Å². The highest BCUT2D eigenvalue weighted by molar-refractivity contribution is 5.95. The van der Waals surface area contributed by atoms with E-state index in [4.69, 9.17) is 5.73 Å². The van der Waals surface area contributed by atoms with Crippen LogP contribution in [0.1, 0.15) is 13.3 Å². The molecule has 1 aliphatic heterocycles. The minimum absolute atomic E-state index is 0.0785. The van der Waals surface area contributed by atoms with Crippen LogP contribution in [0.2, 0.25) is 0 Å². The molecule has 1 unspecified atom stereocenters. The van der Waals surface area contributed by atoms with Crippen molar-refractivity contribution < 1.29 is 5.11 Å². The Kier molecular flexibility index (Phi) is 2.84. The van der Waals surface area contributed by atoms with Gasteiger partial charge >= 0.3 is 0 Å². The number of aliphatic imine (C=N–C) groups is 1. The van der Waals surface area contributed by atoms with E-state index in [1.807, 2.05) is 0 Å². The second-order valence-corrected chi connectivity index (χ2v) is 4.21. The molecule has 2 rings (SSSR count). The van der Waals surface area contributed by atoms with Crippen LogP contribution < -0.4 is 16.2 Å². The molecule has 0 aromatic carbocycles. The lowest BCUT2D eigenvalue weighted by molar-refractivity contribution is 0.203. The van der Waals surface area contributed by atoms with Gasteiger partial charge in [-0.3, -0.25) is 9.78 Å². The van der Waals surface area contributed by atoms with Crippen molar-refractivity contribution in [2.75, 3.05) is 24.2 Å². The third-order valence-corrected chi connectivity index (χ3v) is 2.48. The quantitative estimate of drug-likeness (QED) is 0.651. The first-order valence-corrected chi connectivity index (χ1v) is 5.33. The van der Waals surface area contributed by atoms with E-state index in [2.05, 4.69) is 15.0 Å². The highest BCUT2D eigenvalue weighted by atomic mass is 16.3. The van der Waals surface area contributed by atoms with Gasteiger partial charge in [-0.05, 0) is 6.92 Å². The number of hydrogen-bond acceptors (Lipinski definition) is 6. The summed E-state index contributed by atoms with van der Waals surface area (Å²) in [5, 5.41) is 9.33. The normalized spacial score (nSPS) is 16.4. The third kappa shape index (κ3) is 2.28. The van der Waals surface area contributed by atoms with Gasteiger partial charge in [-0.15, -0.1) is 0 Å². The number of aliphatic hydroxyl groups is 1. The predicted octanol–water partition coefficient (Wildman–Crippen LogP) is -0.355. The van der Waals surface area contributed by atoms with Gasteiger partial charge in [0.25, 0.3) is 5.56 Å². The van der Waals surface area contributed by atoms with Gasteiger partial charge in [0.05, 0.1) is 12.6 Å². The summed E-state index contributed by atoms with van der Waals surface area (Å²) in [6.07, 6.45) is -0.0438. The van der Waals surface area contributed by atoms with Crippen LogP contribution in [0.15, 0.2) is 9.79 Å². The molecule has 7 nitrogen and oxygen atoms in total. The number of nitrogens with two attached hydrogens (primary N) is 1. The molecule has 1 atom stereocenters. The number of fused-ring (bicyclic) bond motifs is 1. The van der Waals surface area contributed by atoms with Crippen molar-refractivity contribution in [1.82, 2.24) is 9.97 Å². The van der Waals surface area contributed by atoms with Crippen LogP contribution >= 0.6 is 0 Å². The summed E-state index contributed by atoms with van der Waals surface area (Å²) in [7, 11) is 1.81. The summed E-state index contributed by atoms with van der Waals surface area (Å²) in [4.78, 5) is 24.2. The van der Waals surface area contributed by atoms with Gasteiger partial charge in [-0.1, -0.05) is 0 Å². The van der Waals surface area contributed by atoms with Crippen molar-refractivity contribution >= 4 is 23.2 Å². The minimum atomic E-state index is -0.482. The number of aliphatic hydroxyl groups excluding tert-OH is 1. The summed E-state index contributed by atoms with van der Waals surface area (Å²) < 4.78 is 0. The lowest BCUT2D eigenvalue weighted by Gasteiger charge is -2.25. The maximum atomic E-state index is 11.7. The molecule has 0 radical (unpaired) electrons. The molecule has 2 heterocycles. The monoisotopic (exact) mass is 237 g/mol. The largest absolute Gasteiger partial charge is 0.393 e. The van der Waals surface area contributed by atoms with Gasteiger partial charge in [-0.2, -0.15) is 4.98 Å². The van der Waals surface area contributed by atoms with E-state index in [0.717, 1.165) is 5.71 Å². The molecule has 1 aromatic rings. The summed E-state index contributed by atoms with van der Waals surface area (Å²) in [6, 6.07) is 0. The molecule has 0 saturated heterocycles. The van der Waals surface area contributed by atoms with Crippen molar-refractivity contribution in [2.45, 2.75) is 19.4 Å². The lowest BCUT2D eigenvalue weighted by atomic mass is 10.1. The number of aromatic amines is 1. The summed E-state index contributed by atoms with van der Waals surface area (Å²) in [5.74, 6) is 0.551. The van der Waals surface area contributed by atoms with Crippen LogP contribution in [-0.2, 0) is 0 Å². The Bertz CT molecular complexity index is 520. The number of anilines is 2. The lowest BCUT2D eigenvalue weighted by Crippen LogP contribution is -2.33. The smallest absolute Gasteiger partial charge is 0.280 e. The molecule has 92 valence electrons. The molecule has 0 saturated carbocycles. The van der Waals surface area contributed by atoms with Crippen LogP contribution in [0.5, 0.6) is 0 Å². The number of rotatable bonds is 2. The molecule has 1 aromatic heterocycles. The number of aromatic nitrogens is 2. The second kappa shape index (κ2) is 4.17. The van der Waals surface area contributed by atoms with E-state index < -0.39 is 6.10 Å². The van der Waals surface area contributed by atoms with E-state index in [1.165, 1.54) is 0 Å². The zero-order chi connectivity index (χ0) is 12.6. The van der Waals surface area contributed by atoms with Gasteiger partial charge in [0.15, 0.2) is 11.5 Å².